The van der Waals surface area contributed by atoms with E-state index >= 15 is 0 Å². The lowest BCUT2D eigenvalue weighted by atomic mass is 10.1. The molecule has 0 aliphatic carbocycles. The minimum atomic E-state index is 0.554. The SMILES string of the molecule is COc1ccc(-c2[nH]c3ccccc3[n+]2CC(C)C)cc1OC. The second kappa shape index (κ2) is 6.32. The van der Waals surface area contributed by atoms with Crippen molar-refractivity contribution in [3.8, 4) is 22.9 Å². The van der Waals surface area contributed by atoms with E-state index in [2.05, 4.69) is 53.7 Å². The summed E-state index contributed by atoms with van der Waals surface area (Å²) in [5.41, 5.74) is 3.43. The molecule has 0 unspecified atom stereocenters. The molecule has 1 N–H and O–H groups in total. The fraction of sp³-hybridized carbons (Fsp3) is 0.316. The van der Waals surface area contributed by atoms with Crippen molar-refractivity contribution in [2.45, 2.75) is 20.4 Å². The number of H-pyrrole nitrogens is 1. The van der Waals surface area contributed by atoms with Crippen LogP contribution in [0, 0.1) is 5.92 Å². The van der Waals surface area contributed by atoms with Crippen molar-refractivity contribution >= 4 is 11.0 Å². The number of methoxy groups -OCH3 is 2. The van der Waals surface area contributed by atoms with Gasteiger partial charge in [0.25, 0.3) is 5.82 Å². The number of hydrogen-bond donors (Lipinski definition) is 1. The zero-order valence-electron chi connectivity index (χ0n) is 14.1. The summed E-state index contributed by atoms with van der Waals surface area (Å²) in [6.45, 7) is 5.41. The highest BCUT2D eigenvalue weighted by atomic mass is 16.5. The zero-order valence-corrected chi connectivity index (χ0v) is 14.1. The van der Waals surface area contributed by atoms with E-state index in [0.29, 0.717) is 5.92 Å². The van der Waals surface area contributed by atoms with Crippen LogP contribution in [0.2, 0.25) is 0 Å². The smallest absolute Gasteiger partial charge is 0.287 e. The Hall–Kier alpha value is -2.49. The van der Waals surface area contributed by atoms with E-state index < -0.39 is 0 Å². The summed E-state index contributed by atoms with van der Waals surface area (Å²) in [6.07, 6.45) is 0. The van der Waals surface area contributed by atoms with Crippen LogP contribution in [0.15, 0.2) is 42.5 Å². The fourth-order valence-electron chi connectivity index (χ4n) is 2.90. The highest BCUT2D eigenvalue weighted by molar-refractivity contribution is 5.75. The molecule has 23 heavy (non-hydrogen) atoms. The Kier molecular flexibility index (Phi) is 4.24. The number of benzene rings is 2. The summed E-state index contributed by atoms with van der Waals surface area (Å²) < 4.78 is 13.1. The summed E-state index contributed by atoms with van der Waals surface area (Å²) in [5, 5.41) is 0. The van der Waals surface area contributed by atoms with Crippen molar-refractivity contribution in [1.29, 1.82) is 0 Å². The number of aromatic amines is 1. The topological polar surface area (TPSA) is 38.1 Å². The first kappa shape index (κ1) is 15.4. The third kappa shape index (κ3) is 2.89. The number of hydrogen-bond acceptors (Lipinski definition) is 2. The molecule has 0 radical (unpaired) electrons. The maximum absolute atomic E-state index is 5.45. The lowest BCUT2D eigenvalue weighted by Gasteiger charge is -2.09. The lowest BCUT2D eigenvalue weighted by Crippen LogP contribution is -2.37. The van der Waals surface area contributed by atoms with Crippen LogP contribution in [0.3, 0.4) is 0 Å². The van der Waals surface area contributed by atoms with Crippen LogP contribution in [0.4, 0.5) is 0 Å². The van der Waals surface area contributed by atoms with Gasteiger partial charge in [-0.05, 0) is 36.2 Å². The number of rotatable bonds is 5. The van der Waals surface area contributed by atoms with Gasteiger partial charge in [0, 0.05) is 0 Å². The average molecular weight is 311 g/mol. The number of imidazole rings is 1. The van der Waals surface area contributed by atoms with Gasteiger partial charge in [-0.25, -0.2) is 9.55 Å². The van der Waals surface area contributed by atoms with Crippen LogP contribution in [-0.2, 0) is 6.54 Å². The van der Waals surface area contributed by atoms with Crippen LogP contribution in [0.5, 0.6) is 11.5 Å². The molecule has 4 nitrogen and oxygen atoms in total. The van der Waals surface area contributed by atoms with E-state index in [0.717, 1.165) is 34.9 Å². The molecule has 3 rings (SSSR count). The van der Waals surface area contributed by atoms with Gasteiger partial charge in [0.1, 0.15) is 0 Å². The molecule has 2 aromatic carbocycles. The van der Waals surface area contributed by atoms with Gasteiger partial charge in [-0.3, -0.25) is 0 Å². The zero-order chi connectivity index (χ0) is 16.4. The van der Waals surface area contributed by atoms with Gasteiger partial charge in [-0.2, -0.15) is 0 Å². The van der Waals surface area contributed by atoms with Crippen molar-refractivity contribution in [2.75, 3.05) is 14.2 Å². The Labute approximate surface area is 136 Å². The largest absolute Gasteiger partial charge is 0.493 e. The van der Waals surface area contributed by atoms with Crippen molar-refractivity contribution < 1.29 is 14.0 Å². The molecule has 1 heterocycles. The maximum Gasteiger partial charge on any atom is 0.287 e. The van der Waals surface area contributed by atoms with Gasteiger partial charge in [0.15, 0.2) is 22.5 Å². The molecule has 1 aromatic heterocycles. The third-order valence-corrected chi connectivity index (χ3v) is 3.92. The minimum absolute atomic E-state index is 0.554. The number of nitrogens with one attached hydrogen (secondary N) is 1. The molecule has 0 aliphatic heterocycles. The first-order valence-corrected chi connectivity index (χ1v) is 7.87. The number of ether oxygens (including phenoxy) is 2. The Balaban J connectivity index is 2.19. The van der Waals surface area contributed by atoms with E-state index in [1.165, 1.54) is 5.52 Å². The van der Waals surface area contributed by atoms with Crippen molar-refractivity contribution in [2.24, 2.45) is 5.92 Å². The van der Waals surface area contributed by atoms with E-state index in [4.69, 9.17) is 9.47 Å². The molecule has 0 fully saturated rings. The molecule has 0 amide bonds. The average Bonchev–Trinajstić information content (AvgIpc) is 2.92. The Bertz CT molecular complexity index is 821. The summed E-state index contributed by atoms with van der Waals surface area (Å²) in [6, 6.07) is 14.4. The molecule has 120 valence electrons. The molecule has 0 aliphatic rings. The monoisotopic (exact) mass is 311 g/mol. The maximum atomic E-state index is 5.45. The summed E-state index contributed by atoms with van der Waals surface area (Å²) in [5.74, 6) is 3.11. The van der Waals surface area contributed by atoms with Gasteiger partial charge in [-0.15, -0.1) is 0 Å². The lowest BCUT2D eigenvalue weighted by molar-refractivity contribution is -0.666. The van der Waals surface area contributed by atoms with E-state index in [1.54, 1.807) is 14.2 Å². The Morgan fingerprint density at radius 3 is 2.43 bits per heavy atom. The number of aromatic nitrogens is 2. The van der Waals surface area contributed by atoms with Gasteiger partial charge < -0.3 is 9.47 Å². The van der Waals surface area contributed by atoms with Crippen LogP contribution in [-0.4, -0.2) is 19.2 Å². The number of fused-ring (bicyclic) bond motifs is 1. The second-order valence-corrected chi connectivity index (χ2v) is 6.06. The Morgan fingerprint density at radius 2 is 1.74 bits per heavy atom. The molecule has 0 atom stereocenters. The summed E-state index contributed by atoms with van der Waals surface area (Å²) in [4.78, 5) is 3.54. The highest BCUT2D eigenvalue weighted by Crippen LogP contribution is 2.31. The third-order valence-electron chi connectivity index (χ3n) is 3.92. The van der Waals surface area contributed by atoms with E-state index in [9.17, 15) is 0 Å². The Morgan fingerprint density at radius 1 is 1.00 bits per heavy atom. The van der Waals surface area contributed by atoms with Crippen molar-refractivity contribution in [3.63, 3.8) is 0 Å². The molecule has 4 heteroatoms. The highest BCUT2D eigenvalue weighted by Gasteiger charge is 2.21. The normalized spacial score (nSPS) is 11.2. The molecule has 0 saturated carbocycles. The first-order valence-electron chi connectivity index (χ1n) is 7.87. The van der Waals surface area contributed by atoms with Gasteiger partial charge in [-0.1, -0.05) is 26.0 Å². The predicted molar refractivity (Wildman–Crippen MR) is 91.9 cm³/mol. The van der Waals surface area contributed by atoms with Gasteiger partial charge in [0.2, 0.25) is 0 Å². The number of para-hydroxylation sites is 2. The molecule has 0 spiro atoms. The first-order chi connectivity index (χ1) is 11.1. The van der Waals surface area contributed by atoms with Crippen LogP contribution < -0.4 is 14.0 Å². The standard InChI is InChI=1S/C19H22N2O2/c1-13(2)12-21-16-8-6-5-7-15(16)20-19(21)14-9-10-17(22-3)18(11-14)23-4/h5-11,13H,12H2,1-4H3/p+1. The fourth-order valence-corrected chi connectivity index (χ4v) is 2.90. The predicted octanol–water partition coefficient (Wildman–Crippen LogP) is 3.80. The molecular formula is C19H23N2O2+. The summed E-state index contributed by atoms with van der Waals surface area (Å²) in [7, 11) is 3.31. The van der Waals surface area contributed by atoms with Gasteiger partial charge >= 0.3 is 0 Å². The van der Waals surface area contributed by atoms with Gasteiger partial charge in [0.05, 0.1) is 26.3 Å². The summed E-state index contributed by atoms with van der Waals surface area (Å²) >= 11 is 0. The van der Waals surface area contributed by atoms with E-state index in [-0.39, 0.29) is 0 Å². The van der Waals surface area contributed by atoms with Crippen LogP contribution >= 0.6 is 0 Å². The van der Waals surface area contributed by atoms with Crippen molar-refractivity contribution in [1.82, 2.24) is 4.98 Å². The molecule has 0 bridgehead atoms. The van der Waals surface area contributed by atoms with E-state index in [1.807, 2.05) is 12.1 Å². The van der Waals surface area contributed by atoms with Crippen LogP contribution in [0.25, 0.3) is 22.4 Å². The molecule has 3 aromatic rings. The molecular weight excluding hydrogens is 288 g/mol. The van der Waals surface area contributed by atoms with Crippen molar-refractivity contribution in [3.05, 3.63) is 42.5 Å². The minimum Gasteiger partial charge on any atom is -0.493 e. The van der Waals surface area contributed by atoms with Crippen LogP contribution in [0.1, 0.15) is 13.8 Å². The second-order valence-electron chi connectivity index (χ2n) is 6.06. The number of nitrogens with zero attached hydrogens (tertiary/aromatic N) is 1. The molecule has 0 saturated heterocycles. The quantitative estimate of drug-likeness (QED) is 0.728.